The van der Waals surface area contributed by atoms with Gasteiger partial charge in [0.1, 0.15) is 0 Å². The highest BCUT2D eigenvalue weighted by Gasteiger charge is 2.14. The fourth-order valence-electron chi connectivity index (χ4n) is 2.74. The first-order chi connectivity index (χ1) is 8.36. The fraction of sp³-hybridized carbons (Fsp3) is 1.00. The molecule has 0 aromatic heterocycles. The second-order valence-electron chi connectivity index (χ2n) is 5.50. The summed E-state index contributed by atoms with van der Waals surface area (Å²) in [5.41, 5.74) is 0. The van der Waals surface area contributed by atoms with Crippen LogP contribution in [0, 0.1) is 5.92 Å². The Labute approximate surface area is 108 Å². The lowest BCUT2D eigenvalue weighted by molar-refractivity contribution is 0.274. The molecule has 102 valence electrons. The van der Waals surface area contributed by atoms with Crippen molar-refractivity contribution >= 4 is 0 Å². The zero-order valence-corrected chi connectivity index (χ0v) is 12.0. The van der Waals surface area contributed by atoms with Crippen molar-refractivity contribution in [3.63, 3.8) is 0 Å². The minimum Gasteiger partial charge on any atom is -0.317 e. The Bertz CT molecular complexity index is 170. The fourth-order valence-corrected chi connectivity index (χ4v) is 2.74. The maximum absolute atomic E-state index is 3.48. The molecule has 0 spiro atoms. The highest BCUT2D eigenvalue weighted by Crippen LogP contribution is 2.20. The van der Waals surface area contributed by atoms with Crippen LogP contribution in [0.25, 0.3) is 0 Å². The number of hydrogen-bond acceptors (Lipinski definition) is 2. The van der Waals surface area contributed by atoms with E-state index in [4.69, 9.17) is 0 Å². The Hall–Kier alpha value is -0.0800. The lowest BCUT2D eigenvalue weighted by Crippen LogP contribution is -2.27. The third-order valence-corrected chi connectivity index (χ3v) is 4.02. The van der Waals surface area contributed by atoms with E-state index >= 15 is 0 Å². The van der Waals surface area contributed by atoms with Gasteiger partial charge in [-0.05, 0) is 77.2 Å². The monoisotopic (exact) mass is 240 g/mol. The predicted molar refractivity (Wildman–Crippen MR) is 76.5 cm³/mol. The molecule has 0 radical (unpaired) electrons. The average molecular weight is 240 g/mol. The van der Waals surface area contributed by atoms with Crippen LogP contribution in [0.1, 0.15) is 58.8 Å². The lowest BCUT2D eigenvalue weighted by Gasteiger charge is -2.19. The molecular formula is C15H32N2. The molecule has 2 heteroatoms. The van der Waals surface area contributed by atoms with Gasteiger partial charge in [0, 0.05) is 0 Å². The standard InChI is InChI=1S/C15H32N2/c1-3-10-16-11-5-6-12-17-13-7-8-15(4-2)9-14-17/h15-16H,3-14H2,1-2H3. The van der Waals surface area contributed by atoms with Crippen molar-refractivity contribution in [1.82, 2.24) is 10.2 Å². The maximum atomic E-state index is 3.48. The first-order valence-electron chi connectivity index (χ1n) is 7.79. The van der Waals surface area contributed by atoms with Gasteiger partial charge in [-0.2, -0.15) is 0 Å². The molecule has 0 saturated carbocycles. The normalized spacial score (nSPS) is 22.6. The molecule has 17 heavy (non-hydrogen) atoms. The molecule has 0 bridgehead atoms. The summed E-state index contributed by atoms with van der Waals surface area (Å²) in [5, 5.41) is 3.48. The molecule has 0 aromatic carbocycles. The summed E-state index contributed by atoms with van der Waals surface area (Å²) in [6.45, 7) is 11.0. The molecule has 1 N–H and O–H groups in total. The van der Waals surface area contributed by atoms with Gasteiger partial charge in [-0.3, -0.25) is 0 Å². The average Bonchev–Trinajstić information content (AvgIpc) is 2.59. The van der Waals surface area contributed by atoms with Crippen LogP contribution < -0.4 is 5.32 Å². The SMILES string of the molecule is CCCNCCCCN1CCCC(CC)CC1. The third kappa shape index (κ3) is 7.05. The summed E-state index contributed by atoms with van der Waals surface area (Å²) in [7, 11) is 0. The molecule has 2 nitrogen and oxygen atoms in total. The van der Waals surface area contributed by atoms with E-state index in [1.807, 2.05) is 0 Å². The van der Waals surface area contributed by atoms with Gasteiger partial charge < -0.3 is 10.2 Å². The smallest absolute Gasteiger partial charge is 0.00161 e. The van der Waals surface area contributed by atoms with E-state index in [9.17, 15) is 0 Å². The summed E-state index contributed by atoms with van der Waals surface area (Å²) in [6, 6.07) is 0. The van der Waals surface area contributed by atoms with Crippen molar-refractivity contribution in [1.29, 1.82) is 0 Å². The van der Waals surface area contributed by atoms with E-state index in [0.717, 1.165) is 5.92 Å². The van der Waals surface area contributed by atoms with E-state index in [0.29, 0.717) is 0 Å². The molecule has 0 amide bonds. The number of nitrogens with one attached hydrogen (secondary N) is 1. The van der Waals surface area contributed by atoms with Crippen molar-refractivity contribution in [3.8, 4) is 0 Å². The second kappa shape index (κ2) is 9.90. The van der Waals surface area contributed by atoms with Crippen molar-refractivity contribution < 1.29 is 0 Å². The van der Waals surface area contributed by atoms with Crippen LogP contribution in [-0.4, -0.2) is 37.6 Å². The Morgan fingerprint density at radius 1 is 1.06 bits per heavy atom. The van der Waals surface area contributed by atoms with Crippen LogP contribution in [-0.2, 0) is 0 Å². The zero-order chi connectivity index (χ0) is 12.3. The second-order valence-corrected chi connectivity index (χ2v) is 5.50. The van der Waals surface area contributed by atoms with Gasteiger partial charge >= 0.3 is 0 Å². The molecule has 1 saturated heterocycles. The Morgan fingerprint density at radius 3 is 2.71 bits per heavy atom. The highest BCUT2D eigenvalue weighted by molar-refractivity contribution is 4.69. The van der Waals surface area contributed by atoms with Gasteiger partial charge in [0.15, 0.2) is 0 Å². The molecule has 0 aliphatic carbocycles. The van der Waals surface area contributed by atoms with Gasteiger partial charge in [-0.25, -0.2) is 0 Å². The molecule has 1 aliphatic rings. The van der Waals surface area contributed by atoms with Gasteiger partial charge in [-0.15, -0.1) is 0 Å². The number of hydrogen-bond donors (Lipinski definition) is 1. The molecule has 1 heterocycles. The molecular weight excluding hydrogens is 208 g/mol. The molecule has 1 rings (SSSR count). The van der Waals surface area contributed by atoms with Crippen LogP contribution in [0.3, 0.4) is 0 Å². The quantitative estimate of drug-likeness (QED) is 0.655. The van der Waals surface area contributed by atoms with Crippen LogP contribution in [0.5, 0.6) is 0 Å². The van der Waals surface area contributed by atoms with E-state index < -0.39 is 0 Å². The van der Waals surface area contributed by atoms with Gasteiger partial charge in [0.2, 0.25) is 0 Å². The van der Waals surface area contributed by atoms with Crippen molar-refractivity contribution in [2.75, 3.05) is 32.7 Å². The number of nitrogens with zero attached hydrogens (tertiary/aromatic N) is 1. The van der Waals surface area contributed by atoms with E-state index in [2.05, 4.69) is 24.1 Å². The largest absolute Gasteiger partial charge is 0.317 e. The summed E-state index contributed by atoms with van der Waals surface area (Å²) in [4.78, 5) is 2.69. The van der Waals surface area contributed by atoms with Gasteiger partial charge in [-0.1, -0.05) is 20.3 Å². The Kier molecular flexibility index (Phi) is 8.72. The number of rotatable bonds is 8. The summed E-state index contributed by atoms with van der Waals surface area (Å²) in [6.07, 6.45) is 9.67. The topological polar surface area (TPSA) is 15.3 Å². The van der Waals surface area contributed by atoms with Crippen molar-refractivity contribution in [2.45, 2.75) is 58.8 Å². The lowest BCUT2D eigenvalue weighted by atomic mass is 9.98. The van der Waals surface area contributed by atoms with Crippen LogP contribution in [0.2, 0.25) is 0 Å². The summed E-state index contributed by atoms with van der Waals surface area (Å²) >= 11 is 0. The van der Waals surface area contributed by atoms with Crippen LogP contribution in [0.15, 0.2) is 0 Å². The molecule has 1 unspecified atom stereocenters. The predicted octanol–water partition coefficient (Wildman–Crippen LogP) is 3.28. The van der Waals surface area contributed by atoms with Crippen LogP contribution in [0.4, 0.5) is 0 Å². The minimum atomic E-state index is 1.01. The van der Waals surface area contributed by atoms with E-state index in [-0.39, 0.29) is 0 Å². The maximum Gasteiger partial charge on any atom is -0.00161 e. The van der Waals surface area contributed by atoms with Gasteiger partial charge in [0.25, 0.3) is 0 Å². The third-order valence-electron chi connectivity index (χ3n) is 4.02. The number of unbranched alkanes of at least 4 members (excludes halogenated alkanes) is 1. The zero-order valence-electron chi connectivity index (χ0n) is 12.0. The highest BCUT2D eigenvalue weighted by atomic mass is 15.1. The molecule has 1 fully saturated rings. The van der Waals surface area contributed by atoms with E-state index in [1.165, 1.54) is 77.7 Å². The molecule has 1 aliphatic heterocycles. The molecule has 1 atom stereocenters. The molecule has 0 aromatic rings. The van der Waals surface area contributed by atoms with Gasteiger partial charge in [0.05, 0.1) is 0 Å². The minimum absolute atomic E-state index is 1.01. The summed E-state index contributed by atoms with van der Waals surface area (Å²) in [5.74, 6) is 1.01. The summed E-state index contributed by atoms with van der Waals surface area (Å²) < 4.78 is 0. The number of likely N-dealkylation sites (tertiary alicyclic amines) is 1. The van der Waals surface area contributed by atoms with E-state index in [1.54, 1.807) is 0 Å². The first-order valence-corrected chi connectivity index (χ1v) is 7.79. The Balaban J connectivity index is 1.99. The first kappa shape index (κ1) is 15.0. The van der Waals surface area contributed by atoms with Crippen molar-refractivity contribution in [2.24, 2.45) is 5.92 Å². The Morgan fingerprint density at radius 2 is 1.94 bits per heavy atom. The van der Waals surface area contributed by atoms with Crippen molar-refractivity contribution in [3.05, 3.63) is 0 Å². The van der Waals surface area contributed by atoms with Crippen LogP contribution >= 0.6 is 0 Å².